The van der Waals surface area contributed by atoms with Crippen LogP contribution in [-0.2, 0) is 6.54 Å². The Kier molecular flexibility index (Phi) is 3.44. The molecule has 0 saturated carbocycles. The zero-order valence-electron chi connectivity index (χ0n) is 12.4. The molecule has 5 heteroatoms. The fourth-order valence-corrected chi connectivity index (χ4v) is 2.47. The topological polar surface area (TPSA) is 66.5 Å². The Hall–Kier alpha value is -3.21. The summed E-state index contributed by atoms with van der Waals surface area (Å²) in [6.07, 6.45) is 5.43. The summed E-state index contributed by atoms with van der Waals surface area (Å²) >= 11 is 0. The monoisotopic (exact) mass is 301 g/mol. The summed E-state index contributed by atoms with van der Waals surface area (Å²) in [6.45, 7) is 0.730. The van der Waals surface area contributed by atoms with Crippen LogP contribution >= 0.6 is 0 Å². The van der Waals surface area contributed by atoms with E-state index in [9.17, 15) is 0 Å². The van der Waals surface area contributed by atoms with Gasteiger partial charge in [-0.05, 0) is 23.3 Å². The third kappa shape index (κ3) is 2.89. The molecule has 4 aromatic rings. The van der Waals surface area contributed by atoms with Gasteiger partial charge in [0.25, 0.3) is 0 Å². The summed E-state index contributed by atoms with van der Waals surface area (Å²) in [6, 6.07) is 16.3. The van der Waals surface area contributed by atoms with Crippen molar-refractivity contribution in [2.45, 2.75) is 6.54 Å². The number of nitrogens with zero attached hydrogens (tertiary/aromatic N) is 3. The van der Waals surface area contributed by atoms with Crippen molar-refractivity contribution >= 4 is 16.9 Å². The summed E-state index contributed by atoms with van der Waals surface area (Å²) in [7, 11) is 0. The normalized spacial score (nSPS) is 10.8. The van der Waals surface area contributed by atoms with Crippen molar-refractivity contribution in [3.05, 3.63) is 72.7 Å². The highest BCUT2D eigenvalue weighted by Crippen LogP contribution is 2.22. The van der Waals surface area contributed by atoms with Gasteiger partial charge in [-0.15, -0.1) is 0 Å². The second kappa shape index (κ2) is 5.88. The number of hydrogen-bond donors (Lipinski definition) is 2. The minimum Gasteiger partial charge on any atom is -0.365 e. The predicted molar refractivity (Wildman–Crippen MR) is 90.9 cm³/mol. The minimum absolute atomic E-state index is 0.730. The molecule has 0 saturated heterocycles. The van der Waals surface area contributed by atoms with Gasteiger partial charge in [-0.1, -0.05) is 36.4 Å². The number of fused-ring (bicyclic) bond motifs is 1. The van der Waals surface area contributed by atoms with Crippen molar-refractivity contribution in [2.24, 2.45) is 0 Å². The molecular weight excluding hydrogens is 286 g/mol. The van der Waals surface area contributed by atoms with Gasteiger partial charge in [0.1, 0.15) is 5.82 Å². The summed E-state index contributed by atoms with van der Waals surface area (Å²) in [5, 5.41) is 10.1. The lowest BCUT2D eigenvalue weighted by atomic mass is 10.1. The number of nitrogens with one attached hydrogen (secondary N) is 2. The fourth-order valence-electron chi connectivity index (χ4n) is 2.47. The molecule has 112 valence electrons. The molecule has 5 nitrogen and oxygen atoms in total. The maximum Gasteiger partial charge on any atom is 0.145 e. The number of H-pyrrole nitrogens is 1. The Bertz CT molecular complexity index is 917. The molecule has 0 aliphatic carbocycles. The Morgan fingerprint density at radius 3 is 2.65 bits per heavy atom. The number of anilines is 1. The van der Waals surface area contributed by atoms with E-state index in [1.807, 2.05) is 42.6 Å². The van der Waals surface area contributed by atoms with E-state index in [2.05, 4.69) is 37.6 Å². The highest BCUT2D eigenvalue weighted by atomic mass is 15.1. The summed E-state index contributed by atoms with van der Waals surface area (Å²) in [5.41, 5.74) is 5.07. The molecule has 2 aromatic carbocycles. The number of rotatable bonds is 4. The van der Waals surface area contributed by atoms with Crippen LogP contribution in [0.15, 0.2) is 67.1 Å². The minimum atomic E-state index is 0.730. The van der Waals surface area contributed by atoms with Crippen molar-refractivity contribution < 1.29 is 0 Å². The van der Waals surface area contributed by atoms with Crippen LogP contribution in [0.5, 0.6) is 0 Å². The molecular formula is C18H15N5. The lowest BCUT2D eigenvalue weighted by Gasteiger charge is -2.07. The van der Waals surface area contributed by atoms with Gasteiger partial charge in [0.05, 0.1) is 23.4 Å². The number of hydrogen-bond acceptors (Lipinski definition) is 4. The molecule has 0 atom stereocenters. The van der Waals surface area contributed by atoms with Crippen LogP contribution < -0.4 is 5.32 Å². The highest BCUT2D eigenvalue weighted by Gasteiger charge is 2.04. The number of aromatic nitrogens is 4. The van der Waals surface area contributed by atoms with E-state index in [1.165, 1.54) is 5.56 Å². The van der Waals surface area contributed by atoms with E-state index in [0.717, 1.165) is 34.5 Å². The van der Waals surface area contributed by atoms with Crippen LogP contribution in [0.4, 0.5) is 5.82 Å². The molecule has 2 N–H and O–H groups in total. The van der Waals surface area contributed by atoms with E-state index < -0.39 is 0 Å². The molecule has 0 radical (unpaired) electrons. The van der Waals surface area contributed by atoms with Crippen molar-refractivity contribution in [2.75, 3.05) is 5.32 Å². The van der Waals surface area contributed by atoms with Crippen LogP contribution in [-0.4, -0.2) is 20.2 Å². The molecule has 0 aliphatic heterocycles. The van der Waals surface area contributed by atoms with Gasteiger partial charge in [0.15, 0.2) is 0 Å². The molecule has 0 aliphatic rings. The van der Waals surface area contributed by atoms with Crippen molar-refractivity contribution in [1.82, 2.24) is 20.2 Å². The standard InChI is InChI=1S/C18H15N5/c1-2-4-13(5-3-1)9-20-18-12-19-17-8-14(6-7-16(17)23-18)15-10-21-22-11-15/h1-8,10-12H,9H2,(H,20,23)(H,21,22). The average molecular weight is 301 g/mol. The molecule has 23 heavy (non-hydrogen) atoms. The first kappa shape index (κ1) is 13.5. The Morgan fingerprint density at radius 1 is 0.913 bits per heavy atom. The lowest BCUT2D eigenvalue weighted by molar-refractivity contribution is 1.09. The quantitative estimate of drug-likeness (QED) is 0.604. The first-order valence-electron chi connectivity index (χ1n) is 7.42. The van der Waals surface area contributed by atoms with E-state index in [0.29, 0.717) is 0 Å². The third-order valence-electron chi connectivity index (χ3n) is 3.69. The predicted octanol–water partition coefficient (Wildman–Crippen LogP) is 3.63. The average Bonchev–Trinajstić information content (AvgIpc) is 3.15. The van der Waals surface area contributed by atoms with E-state index in [1.54, 1.807) is 12.4 Å². The van der Waals surface area contributed by atoms with Gasteiger partial charge in [-0.25, -0.2) is 4.98 Å². The molecule has 2 heterocycles. The second-order valence-corrected chi connectivity index (χ2v) is 5.28. The summed E-state index contributed by atoms with van der Waals surface area (Å²) in [4.78, 5) is 9.12. The first-order valence-corrected chi connectivity index (χ1v) is 7.42. The van der Waals surface area contributed by atoms with Crippen LogP contribution in [0.2, 0.25) is 0 Å². The van der Waals surface area contributed by atoms with E-state index in [-0.39, 0.29) is 0 Å². The Balaban J connectivity index is 1.57. The molecule has 0 fully saturated rings. The van der Waals surface area contributed by atoms with E-state index in [4.69, 9.17) is 0 Å². The van der Waals surface area contributed by atoms with Gasteiger partial charge >= 0.3 is 0 Å². The number of aromatic amines is 1. The number of benzene rings is 2. The summed E-state index contributed by atoms with van der Waals surface area (Å²) < 4.78 is 0. The van der Waals surface area contributed by atoms with Crippen LogP contribution in [0.25, 0.3) is 22.2 Å². The van der Waals surface area contributed by atoms with Crippen molar-refractivity contribution in [3.8, 4) is 11.1 Å². The van der Waals surface area contributed by atoms with E-state index >= 15 is 0 Å². The van der Waals surface area contributed by atoms with Gasteiger partial charge in [0.2, 0.25) is 0 Å². The largest absolute Gasteiger partial charge is 0.365 e. The van der Waals surface area contributed by atoms with Gasteiger partial charge in [0, 0.05) is 18.3 Å². The Morgan fingerprint density at radius 2 is 1.83 bits per heavy atom. The van der Waals surface area contributed by atoms with Crippen molar-refractivity contribution in [1.29, 1.82) is 0 Å². The SMILES string of the molecule is c1ccc(CNc2cnc3cc(-c4cn[nH]c4)ccc3n2)cc1. The third-order valence-corrected chi connectivity index (χ3v) is 3.69. The molecule has 2 aromatic heterocycles. The van der Waals surface area contributed by atoms with Crippen molar-refractivity contribution in [3.63, 3.8) is 0 Å². The smallest absolute Gasteiger partial charge is 0.145 e. The van der Waals surface area contributed by atoms with Gasteiger partial charge in [-0.3, -0.25) is 10.1 Å². The van der Waals surface area contributed by atoms with Crippen LogP contribution in [0.3, 0.4) is 0 Å². The summed E-state index contributed by atoms with van der Waals surface area (Å²) in [5.74, 6) is 0.775. The van der Waals surface area contributed by atoms with Crippen LogP contribution in [0.1, 0.15) is 5.56 Å². The molecule has 0 amide bonds. The maximum atomic E-state index is 4.62. The fraction of sp³-hybridized carbons (Fsp3) is 0.0556. The van der Waals surface area contributed by atoms with Crippen LogP contribution in [0, 0.1) is 0 Å². The molecule has 0 bridgehead atoms. The molecule has 4 rings (SSSR count). The van der Waals surface area contributed by atoms with Gasteiger partial charge < -0.3 is 5.32 Å². The molecule has 0 spiro atoms. The molecule has 0 unspecified atom stereocenters. The lowest BCUT2D eigenvalue weighted by Crippen LogP contribution is -2.02. The zero-order valence-corrected chi connectivity index (χ0v) is 12.4. The maximum absolute atomic E-state index is 4.62. The zero-order chi connectivity index (χ0) is 15.5. The van der Waals surface area contributed by atoms with Gasteiger partial charge in [-0.2, -0.15) is 5.10 Å². The first-order chi connectivity index (χ1) is 11.4. The second-order valence-electron chi connectivity index (χ2n) is 5.28. The highest BCUT2D eigenvalue weighted by molar-refractivity contribution is 5.81. The Labute approximate surface area is 133 Å².